The average molecular weight is 282 g/mol. The third-order valence-electron chi connectivity index (χ3n) is 3.57. The Bertz CT molecular complexity index is 229. The third-order valence-corrected chi connectivity index (χ3v) is 12.8. The molecule has 3 aliphatic heterocycles. The standard InChI is InChI=1S/C9H15IO2/c11-8-3-1-2-7-6-9(12,5-4-8)10(7)8/h7,11-12H,1-6H2/t7?,8-,9?/m1/s1. The predicted octanol–water partition coefficient (Wildman–Crippen LogP) is 1.62. The van der Waals surface area contributed by atoms with E-state index in [0.29, 0.717) is 0 Å². The van der Waals surface area contributed by atoms with Crippen LogP contribution in [-0.4, -0.2) is 21.4 Å². The van der Waals surface area contributed by atoms with E-state index in [-0.39, 0.29) is 7.22 Å². The molecule has 0 amide bonds. The monoisotopic (exact) mass is 282 g/mol. The van der Waals surface area contributed by atoms with Gasteiger partial charge in [-0.25, -0.2) is 0 Å². The minimum atomic E-state index is -1.39. The second-order valence-electron chi connectivity index (χ2n) is 4.34. The summed E-state index contributed by atoms with van der Waals surface area (Å²) in [7, 11) is 0. The van der Waals surface area contributed by atoms with Crippen LogP contribution in [0.4, 0.5) is 0 Å². The Labute approximate surface area is 79.7 Å². The van der Waals surface area contributed by atoms with Crippen molar-refractivity contribution in [3.8, 4) is 0 Å². The molecule has 12 heavy (non-hydrogen) atoms. The maximum atomic E-state index is 10.3. The van der Waals surface area contributed by atoms with Crippen molar-refractivity contribution in [2.45, 2.75) is 49.7 Å². The number of alkyl halides is 3. The quantitative estimate of drug-likeness (QED) is 0.523. The molecular formula is C9H15IO2. The van der Waals surface area contributed by atoms with Crippen molar-refractivity contribution in [3.63, 3.8) is 0 Å². The second-order valence-corrected chi connectivity index (χ2v) is 11.9. The zero-order valence-electron chi connectivity index (χ0n) is 7.09. The molecule has 3 saturated heterocycles. The molecule has 70 valence electrons. The molecule has 0 aromatic heterocycles. The van der Waals surface area contributed by atoms with Gasteiger partial charge in [-0.05, 0) is 0 Å². The molecule has 0 saturated carbocycles. The Hall–Kier alpha value is 0.650. The van der Waals surface area contributed by atoms with Crippen LogP contribution in [0.1, 0.15) is 38.5 Å². The summed E-state index contributed by atoms with van der Waals surface area (Å²) in [6.07, 6.45) is 6.34. The summed E-state index contributed by atoms with van der Waals surface area (Å²) in [4.78, 5) is 0. The van der Waals surface area contributed by atoms with E-state index in [1.54, 1.807) is 0 Å². The van der Waals surface area contributed by atoms with Crippen LogP contribution in [0.15, 0.2) is 0 Å². The predicted molar refractivity (Wildman–Crippen MR) is 55.4 cm³/mol. The average Bonchev–Trinajstić information content (AvgIpc) is 2.21. The topological polar surface area (TPSA) is 40.5 Å². The molecule has 0 aliphatic carbocycles. The number of aliphatic hydroxyl groups is 2. The van der Waals surface area contributed by atoms with E-state index in [2.05, 4.69) is 0 Å². The molecule has 3 rings (SSSR count). The molecule has 2 N–H and O–H groups in total. The molecule has 0 radical (unpaired) electrons. The maximum absolute atomic E-state index is 10.3. The van der Waals surface area contributed by atoms with Gasteiger partial charge in [0.2, 0.25) is 0 Å². The zero-order valence-corrected chi connectivity index (χ0v) is 9.25. The Balaban J connectivity index is 1.97. The minimum absolute atomic E-state index is 0.302. The fourth-order valence-electron chi connectivity index (χ4n) is 3.03. The van der Waals surface area contributed by atoms with Gasteiger partial charge in [-0.1, -0.05) is 0 Å². The van der Waals surface area contributed by atoms with Crippen molar-refractivity contribution in [1.29, 1.82) is 0 Å². The summed E-state index contributed by atoms with van der Waals surface area (Å²) in [5.41, 5.74) is 0. The van der Waals surface area contributed by atoms with Gasteiger partial charge >= 0.3 is 79.7 Å². The van der Waals surface area contributed by atoms with Crippen LogP contribution in [0, 0.1) is 0 Å². The molecule has 3 heterocycles. The summed E-state index contributed by atoms with van der Waals surface area (Å²) in [5.74, 6) is 0. The van der Waals surface area contributed by atoms with Crippen molar-refractivity contribution < 1.29 is 10.2 Å². The van der Waals surface area contributed by atoms with Gasteiger partial charge in [-0.2, -0.15) is 0 Å². The molecule has 3 heteroatoms. The van der Waals surface area contributed by atoms with Crippen LogP contribution in [-0.2, 0) is 0 Å². The van der Waals surface area contributed by atoms with E-state index in [4.69, 9.17) is 0 Å². The Morgan fingerprint density at radius 3 is 2.58 bits per heavy atom. The van der Waals surface area contributed by atoms with Crippen molar-refractivity contribution in [2.75, 3.05) is 0 Å². The summed E-state index contributed by atoms with van der Waals surface area (Å²) in [5, 5.41) is 20.4. The van der Waals surface area contributed by atoms with E-state index in [0.717, 1.165) is 29.6 Å². The summed E-state index contributed by atoms with van der Waals surface area (Å²) < 4.78 is 0.171. The Kier molecular flexibility index (Phi) is 1.45. The first kappa shape index (κ1) is 8.00. The first-order valence-corrected chi connectivity index (χ1v) is 8.18. The number of halogens is 1. The van der Waals surface area contributed by atoms with E-state index >= 15 is 0 Å². The molecule has 2 nitrogen and oxygen atoms in total. The van der Waals surface area contributed by atoms with Crippen LogP contribution in [0.2, 0.25) is 0 Å². The molecule has 2 unspecified atom stereocenters. The fraction of sp³-hybridized carbons (Fsp3) is 1.00. The second kappa shape index (κ2) is 2.17. The van der Waals surface area contributed by atoms with E-state index in [9.17, 15) is 10.2 Å². The van der Waals surface area contributed by atoms with Crippen LogP contribution in [0.25, 0.3) is 0 Å². The van der Waals surface area contributed by atoms with Gasteiger partial charge in [0.05, 0.1) is 0 Å². The first-order valence-electron chi connectivity index (χ1n) is 4.77. The van der Waals surface area contributed by atoms with Crippen molar-refractivity contribution >= 4 is 19.8 Å². The van der Waals surface area contributed by atoms with Gasteiger partial charge in [0.15, 0.2) is 0 Å². The molecule has 0 aromatic carbocycles. The van der Waals surface area contributed by atoms with Crippen molar-refractivity contribution in [2.24, 2.45) is 0 Å². The van der Waals surface area contributed by atoms with E-state index in [1.165, 1.54) is 12.8 Å². The van der Waals surface area contributed by atoms with Crippen molar-refractivity contribution in [3.05, 3.63) is 0 Å². The van der Waals surface area contributed by atoms with Crippen molar-refractivity contribution in [1.82, 2.24) is 0 Å². The van der Waals surface area contributed by atoms with E-state index in [1.807, 2.05) is 0 Å². The SMILES string of the molecule is OC12CC[C@]3(O)CCCC(C1)I23. The van der Waals surface area contributed by atoms with Gasteiger partial charge < -0.3 is 0 Å². The summed E-state index contributed by atoms with van der Waals surface area (Å²) >= 11 is -1.39. The summed E-state index contributed by atoms with van der Waals surface area (Å²) in [6.45, 7) is 0. The van der Waals surface area contributed by atoms with Crippen LogP contribution in [0.3, 0.4) is 0 Å². The normalized spacial score (nSPS) is 59.5. The number of hydrogen-bond acceptors (Lipinski definition) is 2. The summed E-state index contributed by atoms with van der Waals surface area (Å²) in [6, 6.07) is 0. The first-order chi connectivity index (χ1) is 5.64. The van der Waals surface area contributed by atoms with Crippen LogP contribution >= 0.6 is 19.8 Å². The number of hydrogen-bond donors (Lipinski definition) is 2. The van der Waals surface area contributed by atoms with Gasteiger partial charge in [0, 0.05) is 0 Å². The molecule has 0 spiro atoms. The van der Waals surface area contributed by atoms with Gasteiger partial charge in [-0.3, -0.25) is 0 Å². The molecule has 0 bridgehead atoms. The van der Waals surface area contributed by atoms with Crippen LogP contribution in [0.5, 0.6) is 0 Å². The molecule has 0 aromatic rings. The number of rotatable bonds is 0. The Morgan fingerprint density at radius 2 is 1.83 bits per heavy atom. The molecule has 3 fully saturated rings. The van der Waals surface area contributed by atoms with Gasteiger partial charge in [0.25, 0.3) is 0 Å². The molecular weight excluding hydrogens is 267 g/mol. The molecule has 3 atom stereocenters. The third kappa shape index (κ3) is 0.780. The zero-order chi connectivity index (χ0) is 8.40. The van der Waals surface area contributed by atoms with Crippen LogP contribution < -0.4 is 0 Å². The van der Waals surface area contributed by atoms with Gasteiger partial charge in [0.1, 0.15) is 0 Å². The van der Waals surface area contributed by atoms with Gasteiger partial charge in [-0.15, -0.1) is 0 Å². The molecule has 3 aliphatic rings. The Morgan fingerprint density at radius 1 is 1.08 bits per heavy atom. The van der Waals surface area contributed by atoms with E-state index < -0.39 is 19.8 Å². The fourth-order valence-corrected chi connectivity index (χ4v) is 13.3.